The molecule has 5 heteroatoms. The zero-order valence-electron chi connectivity index (χ0n) is 15.4. The second kappa shape index (κ2) is 7.87. The van der Waals surface area contributed by atoms with Gasteiger partial charge in [-0.3, -0.25) is 0 Å². The maximum Gasteiger partial charge on any atom is 0.315 e. The molecule has 2 aromatic carbocycles. The molecule has 2 N–H and O–H groups in total. The second-order valence-electron chi connectivity index (χ2n) is 6.46. The Hall–Kier alpha value is -3.08. The van der Waals surface area contributed by atoms with Crippen molar-refractivity contribution in [2.45, 2.75) is 33.4 Å². The summed E-state index contributed by atoms with van der Waals surface area (Å²) in [5.74, 6) is 0. The lowest BCUT2D eigenvalue weighted by Crippen LogP contribution is -2.36. The van der Waals surface area contributed by atoms with Crippen molar-refractivity contribution in [2.24, 2.45) is 0 Å². The average molecular weight is 348 g/mol. The maximum atomic E-state index is 12.3. The summed E-state index contributed by atoms with van der Waals surface area (Å²) >= 11 is 0. The Balaban J connectivity index is 1.59. The number of benzene rings is 2. The van der Waals surface area contributed by atoms with Crippen LogP contribution in [0.4, 0.5) is 4.79 Å². The predicted octanol–water partition coefficient (Wildman–Crippen LogP) is 4.05. The van der Waals surface area contributed by atoms with Gasteiger partial charge in [-0.05, 0) is 61.2 Å². The summed E-state index contributed by atoms with van der Waals surface area (Å²) in [4.78, 5) is 12.3. The van der Waals surface area contributed by atoms with Gasteiger partial charge in [0.15, 0.2) is 0 Å². The number of nitrogens with one attached hydrogen (secondary N) is 2. The molecule has 0 aliphatic rings. The minimum atomic E-state index is -0.178. The van der Waals surface area contributed by atoms with Gasteiger partial charge in [0.1, 0.15) is 0 Å². The van der Waals surface area contributed by atoms with E-state index >= 15 is 0 Å². The van der Waals surface area contributed by atoms with Crippen molar-refractivity contribution < 1.29 is 4.79 Å². The Morgan fingerprint density at radius 2 is 1.96 bits per heavy atom. The number of urea groups is 1. The highest BCUT2D eigenvalue weighted by molar-refractivity contribution is 5.74. The van der Waals surface area contributed by atoms with E-state index in [9.17, 15) is 4.79 Å². The van der Waals surface area contributed by atoms with Crippen LogP contribution in [0.15, 0.2) is 60.9 Å². The fourth-order valence-corrected chi connectivity index (χ4v) is 2.98. The van der Waals surface area contributed by atoms with E-state index < -0.39 is 0 Å². The van der Waals surface area contributed by atoms with Crippen LogP contribution in [0, 0.1) is 13.8 Å². The third-order valence-electron chi connectivity index (χ3n) is 4.59. The van der Waals surface area contributed by atoms with Crippen LogP contribution in [0.5, 0.6) is 0 Å². The van der Waals surface area contributed by atoms with E-state index in [-0.39, 0.29) is 12.1 Å². The first-order chi connectivity index (χ1) is 12.5. The Morgan fingerprint density at radius 1 is 1.15 bits per heavy atom. The molecule has 1 heterocycles. The van der Waals surface area contributed by atoms with E-state index in [1.165, 1.54) is 11.1 Å². The molecule has 0 aliphatic carbocycles. The molecule has 0 fully saturated rings. The molecule has 0 saturated carbocycles. The van der Waals surface area contributed by atoms with Crippen molar-refractivity contribution >= 4 is 6.03 Å². The Morgan fingerprint density at radius 3 is 2.73 bits per heavy atom. The van der Waals surface area contributed by atoms with Crippen molar-refractivity contribution in [1.29, 1.82) is 0 Å². The number of hydrogen-bond acceptors (Lipinski definition) is 2. The van der Waals surface area contributed by atoms with E-state index in [0.717, 1.165) is 16.8 Å². The van der Waals surface area contributed by atoms with Gasteiger partial charge in [0, 0.05) is 18.9 Å². The minimum Gasteiger partial charge on any atom is -0.334 e. The van der Waals surface area contributed by atoms with Crippen LogP contribution in [0.25, 0.3) is 5.69 Å². The van der Waals surface area contributed by atoms with E-state index in [0.29, 0.717) is 6.54 Å². The molecule has 2 amide bonds. The first kappa shape index (κ1) is 17.7. The van der Waals surface area contributed by atoms with Crippen LogP contribution in [-0.4, -0.2) is 15.8 Å². The largest absolute Gasteiger partial charge is 0.334 e. The smallest absolute Gasteiger partial charge is 0.315 e. The number of carbonyl (C=O) groups excluding carboxylic acids is 1. The first-order valence-electron chi connectivity index (χ1n) is 8.74. The van der Waals surface area contributed by atoms with Crippen molar-refractivity contribution in [1.82, 2.24) is 20.4 Å². The summed E-state index contributed by atoms with van der Waals surface area (Å²) in [5, 5.41) is 10.2. The molecular weight excluding hydrogens is 324 g/mol. The van der Waals surface area contributed by atoms with Gasteiger partial charge in [-0.1, -0.05) is 30.3 Å². The second-order valence-corrected chi connectivity index (χ2v) is 6.46. The average Bonchev–Trinajstić information content (AvgIpc) is 3.17. The van der Waals surface area contributed by atoms with Crippen molar-refractivity contribution in [3.05, 3.63) is 83.2 Å². The molecular formula is C21H24N4O. The molecule has 1 atom stereocenters. The standard InChI is InChI=1S/C21H24N4O/c1-15-7-4-10-20(16(15)2)17(3)24-21(26)22-14-18-8-5-9-19(13-18)25-12-6-11-23-25/h4-13,17H,14H2,1-3H3,(H2,22,24,26). The molecule has 3 aromatic rings. The Bertz CT molecular complexity index is 887. The third-order valence-corrected chi connectivity index (χ3v) is 4.59. The summed E-state index contributed by atoms with van der Waals surface area (Å²) in [6, 6.07) is 15.8. The third kappa shape index (κ3) is 4.11. The van der Waals surface area contributed by atoms with Crippen LogP contribution < -0.4 is 10.6 Å². The lowest BCUT2D eigenvalue weighted by Gasteiger charge is -2.18. The zero-order chi connectivity index (χ0) is 18.5. The molecule has 5 nitrogen and oxygen atoms in total. The summed E-state index contributed by atoms with van der Waals surface area (Å²) in [5.41, 5.74) is 5.58. The molecule has 134 valence electrons. The van der Waals surface area contributed by atoms with Crippen molar-refractivity contribution in [3.63, 3.8) is 0 Å². The van der Waals surface area contributed by atoms with E-state index in [4.69, 9.17) is 0 Å². The summed E-state index contributed by atoms with van der Waals surface area (Å²) in [6.45, 7) is 6.62. The van der Waals surface area contributed by atoms with Gasteiger partial charge < -0.3 is 10.6 Å². The normalized spacial score (nSPS) is 11.8. The summed E-state index contributed by atoms with van der Waals surface area (Å²) in [7, 11) is 0. The van der Waals surface area contributed by atoms with E-state index in [1.54, 1.807) is 10.9 Å². The quantitative estimate of drug-likeness (QED) is 0.731. The molecule has 3 rings (SSSR count). The van der Waals surface area contributed by atoms with Gasteiger partial charge in [-0.25, -0.2) is 9.48 Å². The fourth-order valence-electron chi connectivity index (χ4n) is 2.98. The SMILES string of the molecule is Cc1cccc(C(C)NC(=O)NCc2cccc(-n3cccn3)c2)c1C. The molecule has 0 aliphatic heterocycles. The van der Waals surface area contributed by atoms with Gasteiger partial charge in [-0.15, -0.1) is 0 Å². The molecule has 0 saturated heterocycles. The van der Waals surface area contributed by atoms with Crippen LogP contribution >= 0.6 is 0 Å². The number of amides is 2. The lowest BCUT2D eigenvalue weighted by atomic mass is 9.98. The van der Waals surface area contributed by atoms with Crippen LogP contribution in [-0.2, 0) is 6.54 Å². The maximum absolute atomic E-state index is 12.3. The summed E-state index contributed by atoms with van der Waals surface area (Å²) < 4.78 is 1.80. The van der Waals surface area contributed by atoms with Gasteiger partial charge >= 0.3 is 6.03 Å². The lowest BCUT2D eigenvalue weighted by molar-refractivity contribution is 0.237. The van der Waals surface area contributed by atoms with Gasteiger partial charge in [0.05, 0.1) is 11.7 Å². The van der Waals surface area contributed by atoms with Crippen molar-refractivity contribution in [2.75, 3.05) is 0 Å². The van der Waals surface area contributed by atoms with Crippen LogP contribution in [0.3, 0.4) is 0 Å². The highest BCUT2D eigenvalue weighted by atomic mass is 16.2. The zero-order valence-corrected chi connectivity index (χ0v) is 15.4. The molecule has 1 aromatic heterocycles. The number of carbonyl (C=O) groups is 1. The number of nitrogens with zero attached hydrogens (tertiary/aromatic N) is 2. The van der Waals surface area contributed by atoms with Gasteiger partial charge in [0.25, 0.3) is 0 Å². The molecule has 1 unspecified atom stereocenters. The molecule has 0 bridgehead atoms. The highest BCUT2D eigenvalue weighted by Gasteiger charge is 2.12. The monoisotopic (exact) mass is 348 g/mol. The van der Waals surface area contributed by atoms with Crippen molar-refractivity contribution in [3.8, 4) is 5.69 Å². The predicted molar refractivity (Wildman–Crippen MR) is 103 cm³/mol. The summed E-state index contributed by atoms with van der Waals surface area (Å²) in [6.07, 6.45) is 3.64. The Kier molecular flexibility index (Phi) is 5.37. The topological polar surface area (TPSA) is 59.0 Å². The first-order valence-corrected chi connectivity index (χ1v) is 8.74. The molecule has 26 heavy (non-hydrogen) atoms. The number of aromatic nitrogens is 2. The highest BCUT2D eigenvalue weighted by Crippen LogP contribution is 2.19. The van der Waals surface area contributed by atoms with Gasteiger partial charge in [-0.2, -0.15) is 5.10 Å². The molecule has 0 radical (unpaired) electrons. The number of rotatable bonds is 5. The number of hydrogen-bond donors (Lipinski definition) is 2. The van der Waals surface area contributed by atoms with Gasteiger partial charge in [0.2, 0.25) is 0 Å². The van der Waals surface area contributed by atoms with E-state index in [2.05, 4.69) is 41.7 Å². The fraction of sp³-hybridized carbons (Fsp3) is 0.238. The Labute approximate surface area is 154 Å². The van der Waals surface area contributed by atoms with Crippen LogP contribution in [0.1, 0.15) is 35.2 Å². The van der Waals surface area contributed by atoms with E-state index in [1.807, 2.05) is 49.5 Å². The number of aryl methyl sites for hydroxylation is 1. The minimum absolute atomic E-state index is 0.0506. The van der Waals surface area contributed by atoms with Crippen LogP contribution in [0.2, 0.25) is 0 Å². The molecule has 0 spiro atoms.